The summed E-state index contributed by atoms with van der Waals surface area (Å²) in [6.45, 7) is 0.166. The van der Waals surface area contributed by atoms with Crippen molar-refractivity contribution in [2.24, 2.45) is 7.05 Å². The first-order valence-electron chi connectivity index (χ1n) is 5.80. The van der Waals surface area contributed by atoms with Crippen LogP contribution in [-0.2, 0) is 18.4 Å². The molecule has 0 bridgehead atoms. The Morgan fingerprint density at radius 1 is 1.21 bits per heavy atom. The number of aromatic nitrogens is 1. The highest BCUT2D eigenvalue weighted by atomic mass is 16.5. The summed E-state index contributed by atoms with van der Waals surface area (Å²) in [6.07, 6.45) is 0.968. The second kappa shape index (κ2) is 5.86. The van der Waals surface area contributed by atoms with Crippen LogP contribution >= 0.6 is 0 Å². The number of rotatable bonds is 3. The Bertz CT molecular complexity index is 620. The van der Waals surface area contributed by atoms with Crippen molar-refractivity contribution < 1.29 is 9.53 Å². The quantitative estimate of drug-likeness (QED) is 0.917. The van der Waals surface area contributed by atoms with E-state index in [4.69, 9.17) is 4.74 Å². The molecule has 5 heteroatoms. The minimum absolute atomic E-state index is 0.166. The molecule has 0 radical (unpaired) electrons. The van der Waals surface area contributed by atoms with Crippen LogP contribution in [0.15, 0.2) is 53.5 Å². The van der Waals surface area contributed by atoms with Gasteiger partial charge in [0.15, 0.2) is 0 Å². The molecule has 1 heterocycles. The lowest BCUT2D eigenvalue weighted by Gasteiger charge is -2.07. The second-order valence-electron chi connectivity index (χ2n) is 4.02. The maximum Gasteiger partial charge on any atom is 0.412 e. The van der Waals surface area contributed by atoms with E-state index in [0.717, 1.165) is 5.56 Å². The van der Waals surface area contributed by atoms with E-state index in [2.05, 4.69) is 5.32 Å². The van der Waals surface area contributed by atoms with Crippen LogP contribution in [0.2, 0.25) is 0 Å². The minimum atomic E-state index is -0.646. The summed E-state index contributed by atoms with van der Waals surface area (Å²) in [5.41, 5.74) is 0.806. The molecule has 5 nitrogen and oxygen atoms in total. The van der Waals surface area contributed by atoms with Gasteiger partial charge in [0.1, 0.15) is 12.3 Å². The number of hydrogen-bond donors (Lipinski definition) is 1. The third-order valence-corrected chi connectivity index (χ3v) is 2.57. The van der Waals surface area contributed by atoms with Crippen LogP contribution in [0.3, 0.4) is 0 Å². The van der Waals surface area contributed by atoms with E-state index in [1.165, 1.54) is 10.6 Å². The molecule has 98 valence electrons. The highest BCUT2D eigenvalue weighted by molar-refractivity contribution is 5.84. The molecule has 0 aliphatic heterocycles. The molecule has 2 rings (SSSR count). The Morgan fingerprint density at radius 3 is 2.68 bits per heavy atom. The number of benzene rings is 1. The molecule has 0 unspecified atom stereocenters. The highest BCUT2D eigenvalue weighted by Gasteiger charge is 2.07. The number of carbonyl (C=O) groups is 1. The molecule has 2 aromatic rings. The summed E-state index contributed by atoms with van der Waals surface area (Å²) in [6, 6.07) is 12.5. The van der Waals surface area contributed by atoms with E-state index in [-0.39, 0.29) is 17.9 Å². The van der Waals surface area contributed by atoms with Gasteiger partial charge in [-0.2, -0.15) is 0 Å². The summed E-state index contributed by atoms with van der Waals surface area (Å²) in [5, 5.41) is 2.43. The van der Waals surface area contributed by atoms with Crippen molar-refractivity contribution in [2.45, 2.75) is 6.61 Å². The van der Waals surface area contributed by atoms with Crippen LogP contribution in [0.1, 0.15) is 5.56 Å². The fourth-order valence-electron chi connectivity index (χ4n) is 1.56. The second-order valence-corrected chi connectivity index (χ2v) is 4.02. The SMILES string of the molecule is Cn1cccc(NC(=O)OCc2ccccc2)c1=O. The zero-order chi connectivity index (χ0) is 13.7. The van der Waals surface area contributed by atoms with Gasteiger partial charge in [0.05, 0.1) is 0 Å². The lowest BCUT2D eigenvalue weighted by atomic mass is 10.2. The molecular weight excluding hydrogens is 244 g/mol. The van der Waals surface area contributed by atoms with Crippen LogP contribution in [0.5, 0.6) is 0 Å². The minimum Gasteiger partial charge on any atom is -0.444 e. The molecular formula is C14H14N2O3. The molecule has 0 aliphatic rings. The number of nitrogens with zero attached hydrogens (tertiary/aromatic N) is 1. The summed E-state index contributed by atoms with van der Waals surface area (Å²) in [4.78, 5) is 23.2. The van der Waals surface area contributed by atoms with E-state index in [1.54, 1.807) is 19.3 Å². The van der Waals surface area contributed by atoms with Gasteiger partial charge in [-0.15, -0.1) is 0 Å². The van der Waals surface area contributed by atoms with E-state index in [0.29, 0.717) is 0 Å². The van der Waals surface area contributed by atoms with Crippen molar-refractivity contribution in [3.05, 3.63) is 64.6 Å². The fraction of sp³-hybridized carbons (Fsp3) is 0.143. The van der Waals surface area contributed by atoms with Gasteiger partial charge in [-0.1, -0.05) is 30.3 Å². The zero-order valence-corrected chi connectivity index (χ0v) is 10.5. The maximum absolute atomic E-state index is 11.7. The molecule has 1 amide bonds. The van der Waals surface area contributed by atoms with Crippen molar-refractivity contribution in [3.63, 3.8) is 0 Å². The van der Waals surface area contributed by atoms with Gasteiger partial charge >= 0.3 is 6.09 Å². The maximum atomic E-state index is 11.7. The lowest BCUT2D eigenvalue weighted by molar-refractivity contribution is 0.155. The van der Waals surface area contributed by atoms with E-state index in [1.807, 2.05) is 30.3 Å². The molecule has 0 aliphatic carbocycles. The largest absolute Gasteiger partial charge is 0.444 e. The van der Waals surface area contributed by atoms with Crippen molar-refractivity contribution in [1.82, 2.24) is 4.57 Å². The number of aryl methyl sites for hydroxylation is 1. The molecule has 1 N–H and O–H groups in total. The third kappa shape index (κ3) is 3.45. The van der Waals surface area contributed by atoms with Gasteiger partial charge in [-0.05, 0) is 17.7 Å². The molecule has 0 saturated heterocycles. The first-order valence-corrected chi connectivity index (χ1v) is 5.80. The van der Waals surface area contributed by atoms with Crippen LogP contribution in [-0.4, -0.2) is 10.7 Å². The van der Waals surface area contributed by atoms with Gasteiger partial charge in [-0.3, -0.25) is 10.1 Å². The highest BCUT2D eigenvalue weighted by Crippen LogP contribution is 2.03. The number of pyridine rings is 1. The average Bonchev–Trinajstić information content (AvgIpc) is 2.43. The Hall–Kier alpha value is -2.56. The van der Waals surface area contributed by atoms with Crippen molar-refractivity contribution >= 4 is 11.8 Å². The number of carbonyl (C=O) groups excluding carboxylic acids is 1. The zero-order valence-electron chi connectivity index (χ0n) is 10.5. The van der Waals surface area contributed by atoms with Gasteiger partial charge in [0.25, 0.3) is 5.56 Å². The number of amides is 1. The topological polar surface area (TPSA) is 60.3 Å². The predicted molar refractivity (Wildman–Crippen MR) is 71.9 cm³/mol. The number of ether oxygens (including phenoxy) is 1. The smallest absolute Gasteiger partial charge is 0.412 e. The number of anilines is 1. The first kappa shape index (κ1) is 12.9. The predicted octanol–water partition coefficient (Wildman–Crippen LogP) is 2.13. The third-order valence-electron chi connectivity index (χ3n) is 2.57. The van der Waals surface area contributed by atoms with Crippen LogP contribution in [0, 0.1) is 0 Å². The molecule has 19 heavy (non-hydrogen) atoms. The summed E-state index contributed by atoms with van der Waals surface area (Å²) in [5.74, 6) is 0. The van der Waals surface area contributed by atoms with Crippen molar-refractivity contribution in [3.8, 4) is 0 Å². The Labute approximate surface area is 110 Å². The molecule has 0 fully saturated rings. The van der Waals surface area contributed by atoms with E-state index >= 15 is 0 Å². The normalized spacial score (nSPS) is 9.95. The van der Waals surface area contributed by atoms with Crippen LogP contribution < -0.4 is 10.9 Å². The molecule has 0 atom stereocenters. The lowest BCUT2D eigenvalue weighted by Crippen LogP contribution is -2.24. The Kier molecular flexibility index (Phi) is 3.97. The molecule has 0 spiro atoms. The fourth-order valence-corrected chi connectivity index (χ4v) is 1.56. The van der Waals surface area contributed by atoms with E-state index in [9.17, 15) is 9.59 Å². The molecule has 0 saturated carbocycles. The van der Waals surface area contributed by atoms with Crippen LogP contribution in [0.4, 0.5) is 10.5 Å². The number of nitrogens with one attached hydrogen (secondary N) is 1. The van der Waals surface area contributed by atoms with Gasteiger partial charge in [0.2, 0.25) is 0 Å². The molecule has 1 aromatic heterocycles. The Morgan fingerprint density at radius 2 is 1.95 bits per heavy atom. The molecule has 1 aromatic carbocycles. The number of hydrogen-bond acceptors (Lipinski definition) is 3. The first-order chi connectivity index (χ1) is 9.16. The van der Waals surface area contributed by atoms with Gasteiger partial charge in [-0.25, -0.2) is 4.79 Å². The van der Waals surface area contributed by atoms with Gasteiger partial charge in [0, 0.05) is 13.2 Å². The summed E-state index contributed by atoms with van der Waals surface area (Å²) in [7, 11) is 1.61. The monoisotopic (exact) mass is 258 g/mol. The van der Waals surface area contributed by atoms with E-state index < -0.39 is 6.09 Å². The summed E-state index contributed by atoms with van der Waals surface area (Å²) < 4.78 is 6.41. The standard InChI is InChI=1S/C14H14N2O3/c1-16-9-5-8-12(13(16)17)15-14(18)19-10-11-6-3-2-4-7-11/h2-9H,10H2,1H3,(H,15,18). The van der Waals surface area contributed by atoms with Crippen molar-refractivity contribution in [1.29, 1.82) is 0 Å². The average molecular weight is 258 g/mol. The van der Waals surface area contributed by atoms with Crippen molar-refractivity contribution in [2.75, 3.05) is 5.32 Å². The van der Waals surface area contributed by atoms with Gasteiger partial charge < -0.3 is 9.30 Å². The summed E-state index contributed by atoms with van der Waals surface area (Å²) >= 11 is 0. The Balaban J connectivity index is 1.95. The van der Waals surface area contributed by atoms with Crippen LogP contribution in [0.25, 0.3) is 0 Å².